The van der Waals surface area contributed by atoms with Crippen molar-refractivity contribution < 1.29 is 4.74 Å². The third kappa shape index (κ3) is 3.11. The second kappa shape index (κ2) is 6.41. The summed E-state index contributed by atoms with van der Waals surface area (Å²) in [5, 5.41) is 0. The number of nitrogens with zero attached hydrogens (tertiary/aromatic N) is 1. The fourth-order valence-electron chi connectivity index (χ4n) is 2.06. The largest absolute Gasteiger partial charge is 0.495 e. The van der Waals surface area contributed by atoms with Crippen molar-refractivity contribution in [2.75, 3.05) is 25.6 Å². The van der Waals surface area contributed by atoms with Gasteiger partial charge in [-0.1, -0.05) is 12.1 Å². The molecule has 0 saturated carbocycles. The van der Waals surface area contributed by atoms with Crippen LogP contribution in [0.1, 0.15) is 10.9 Å². The Morgan fingerprint density at radius 1 is 1.32 bits per heavy atom. The van der Waals surface area contributed by atoms with Gasteiger partial charge in [0.25, 0.3) is 0 Å². The molecule has 0 amide bonds. The van der Waals surface area contributed by atoms with Gasteiger partial charge in [0.15, 0.2) is 0 Å². The molecule has 1 heterocycles. The first kappa shape index (κ1) is 14.4. The Labute approximate surface area is 126 Å². The molecule has 0 radical (unpaired) electrons. The normalized spacial score (nSPS) is 12.2. The first-order valence-corrected chi connectivity index (χ1v) is 7.59. The topological polar surface area (TPSA) is 38.5 Å². The molecule has 0 fully saturated rings. The van der Waals surface area contributed by atoms with E-state index in [1.165, 1.54) is 4.88 Å². The third-order valence-electron chi connectivity index (χ3n) is 3.08. The molecule has 102 valence electrons. The molecule has 5 heteroatoms. The number of likely N-dealkylation sites (N-methyl/N-ethyl adjacent to an activating group) is 1. The fraction of sp³-hybridized carbons (Fsp3) is 0.286. The Kier molecular flexibility index (Phi) is 4.85. The Morgan fingerprint density at radius 3 is 2.63 bits per heavy atom. The number of hydrogen-bond acceptors (Lipinski definition) is 4. The van der Waals surface area contributed by atoms with Crippen molar-refractivity contribution in [2.45, 2.75) is 6.04 Å². The lowest BCUT2D eigenvalue weighted by Crippen LogP contribution is -2.30. The van der Waals surface area contributed by atoms with Crippen LogP contribution in [0.3, 0.4) is 0 Å². The number of methoxy groups -OCH3 is 1. The van der Waals surface area contributed by atoms with Gasteiger partial charge in [-0.25, -0.2) is 0 Å². The average molecular weight is 341 g/mol. The zero-order chi connectivity index (χ0) is 13.8. The van der Waals surface area contributed by atoms with Gasteiger partial charge < -0.3 is 15.4 Å². The fourth-order valence-corrected chi connectivity index (χ4v) is 3.64. The zero-order valence-electron chi connectivity index (χ0n) is 11.0. The van der Waals surface area contributed by atoms with E-state index >= 15 is 0 Å². The van der Waals surface area contributed by atoms with E-state index < -0.39 is 0 Å². The number of anilines is 1. The maximum Gasteiger partial charge on any atom is 0.142 e. The van der Waals surface area contributed by atoms with Gasteiger partial charge >= 0.3 is 0 Å². The summed E-state index contributed by atoms with van der Waals surface area (Å²) in [7, 11) is 3.73. The van der Waals surface area contributed by atoms with Crippen LogP contribution in [0.25, 0.3) is 0 Å². The van der Waals surface area contributed by atoms with Gasteiger partial charge in [0.2, 0.25) is 0 Å². The van der Waals surface area contributed by atoms with Gasteiger partial charge in [-0.3, -0.25) is 0 Å². The number of thiophene rings is 1. The predicted octanol–water partition coefficient (Wildman–Crippen LogP) is 3.66. The maximum absolute atomic E-state index is 5.95. The smallest absolute Gasteiger partial charge is 0.142 e. The van der Waals surface area contributed by atoms with Crippen molar-refractivity contribution in [3.05, 3.63) is 45.1 Å². The monoisotopic (exact) mass is 340 g/mol. The van der Waals surface area contributed by atoms with Gasteiger partial charge in [-0.2, -0.15) is 0 Å². The first-order valence-electron chi connectivity index (χ1n) is 5.98. The molecule has 0 spiro atoms. The van der Waals surface area contributed by atoms with Crippen LogP contribution in [0.15, 0.2) is 40.2 Å². The van der Waals surface area contributed by atoms with Crippen LogP contribution in [0.4, 0.5) is 5.69 Å². The summed E-state index contributed by atoms with van der Waals surface area (Å²) >= 11 is 5.21. The van der Waals surface area contributed by atoms with E-state index in [-0.39, 0.29) is 6.04 Å². The summed E-state index contributed by atoms with van der Waals surface area (Å²) in [6, 6.07) is 12.3. The third-order valence-corrected chi connectivity index (χ3v) is 4.80. The standard InChI is InChI=1S/C14H17BrN2OS/c1-17(10-5-3-4-6-12(10)18-2)11(9-16)13-7-8-14(15)19-13/h3-8,11H,9,16H2,1-2H3. The van der Waals surface area contributed by atoms with Crippen LogP contribution >= 0.6 is 27.3 Å². The molecule has 2 N–H and O–H groups in total. The Bertz CT molecular complexity index is 544. The van der Waals surface area contributed by atoms with Crippen molar-refractivity contribution in [2.24, 2.45) is 5.73 Å². The highest BCUT2D eigenvalue weighted by atomic mass is 79.9. The minimum atomic E-state index is 0.146. The number of para-hydroxylation sites is 2. The number of nitrogens with two attached hydrogens (primary N) is 1. The molecule has 0 saturated heterocycles. The highest BCUT2D eigenvalue weighted by Gasteiger charge is 2.20. The minimum Gasteiger partial charge on any atom is -0.495 e. The number of benzene rings is 1. The molecular weight excluding hydrogens is 324 g/mol. The zero-order valence-corrected chi connectivity index (χ0v) is 13.4. The number of hydrogen-bond donors (Lipinski definition) is 1. The molecule has 19 heavy (non-hydrogen) atoms. The molecule has 0 aliphatic heterocycles. The molecule has 1 aromatic carbocycles. The van der Waals surface area contributed by atoms with E-state index in [9.17, 15) is 0 Å². The van der Waals surface area contributed by atoms with Gasteiger partial charge in [-0.15, -0.1) is 11.3 Å². The molecule has 3 nitrogen and oxygen atoms in total. The van der Waals surface area contributed by atoms with E-state index in [2.05, 4.69) is 33.0 Å². The summed E-state index contributed by atoms with van der Waals surface area (Å²) in [6.07, 6.45) is 0. The van der Waals surface area contributed by atoms with Crippen molar-refractivity contribution >= 4 is 33.0 Å². The lowest BCUT2D eigenvalue weighted by atomic mass is 10.1. The summed E-state index contributed by atoms with van der Waals surface area (Å²) in [5.41, 5.74) is 7.00. The van der Waals surface area contributed by atoms with Crippen LogP contribution in [-0.2, 0) is 0 Å². The second-order valence-electron chi connectivity index (χ2n) is 4.18. The van der Waals surface area contributed by atoms with E-state index in [1.807, 2.05) is 31.3 Å². The van der Waals surface area contributed by atoms with Gasteiger partial charge in [0.05, 0.1) is 22.6 Å². The molecule has 0 aliphatic rings. The molecule has 1 atom stereocenters. The summed E-state index contributed by atoms with van der Waals surface area (Å²) in [4.78, 5) is 3.40. The van der Waals surface area contributed by atoms with Crippen molar-refractivity contribution in [1.29, 1.82) is 0 Å². The molecule has 1 aromatic heterocycles. The summed E-state index contributed by atoms with van der Waals surface area (Å²) in [5.74, 6) is 0.860. The van der Waals surface area contributed by atoms with E-state index in [0.717, 1.165) is 15.2 Å². The summed E-state index contributed by atoms with van der Waals surface area (Å²) in [6.45, 7) is 0.557. The van der Waals surface area contributed by atoms with E-state index in [0.29, 0.717) is 6.54 Å². The Morgan fingerprint density at radius 2 is 2.05 bits per heavy atom. The molecule has 2 aromatic rings. The summed E-state index contributed by atoms with van der Waals surface area (Å²) < 4.78 is 6.53. The van der Waals surface area contributed by atoms with Crippen molar-refractivity contribution in [3.8, 4) is 5.75 Å². The van der Waals surface area contributed by atoms with Gasteiger partial charge in [0, 0.05) is 18.5 Å². The highest BCUT2D eigenvalue weighted by Crippen LogP contribution is 2.35. The van der Waals surface area contributed by atoms with Crippen LogP contribution in [0.2, 0.25) is 0 Å². The average Bonchev–Trinajstić information content (AvgIpc) is 2.86. The van der Waals surface area contributed by atoms with Crippen molar-refractivity contribution in [3.63, 3.8) is 0 Å². The van der Waals surface area contributed by atoms with E-state index in [1.54, 1.807) is 18.4 Å². The van der Waals surface area contributed by atoms with Crippen LogP contribution in [0.5, 0.6) is 5.75 Å². The number of rotatable bonds is 5. The predicted molar refractivity (Wildman–Crippen MR) is 85.2 cm³/mol. The lowest BCUT2D eigenvalue weighted by molar-refractivity contribution is 0.413. The van der Waals surface area contributed by atoms with Gasteiger partial charge in [0.1, 0.15) is 5.75 Å². The Balaban J connectivity index is 2.33. The second-order valence-corrected chi connectivity index (χ2v) is 6.67. The SMILES string of the molecule is COc1ccccc1N(C)C(CN)c1ccc(Br)s1. The highest BCUT2D eigenvalue weighted by molar-refractivity contribution is 9.11. The quantitative estimate of drug-likeness (QED) is 0.902. The number of halogens is 1. The van der Waals surface area contributed by atoms with E-state index in [4.69, 9.17) is 10.5 Å². The van der Waals surface area contributed by atoms with Gasteiger partial charge in [-0.05, 0) is 40.2 Å². The molecule has 1 unspecified atom stereocenters. The van der Waals surface area contributed by atoms with Crippen LogP contribution < -0.4 is 15.4 Å². The lowest BCUT2D eigenvalue weighted by Gasteiger charge is -2.29. The maximum atomic E-state index is 5.95. The van der Waals surface area contributed by atoms with Crippen LogP contribution in [-0.4, -0.2) is 20.7 Å². The Hall–Kier alpha value is -1.04. The molecule has 2 rings (SSSR count). The molecular formula is C14H17BrN2OS. The molecule has 0 bridgehead atoms. The first-order chi connectivity index (χ1) is 9.17. The molecule has 0 aliphatic carbocycles. The van der Waals surface area contributed by atoms with Crippen molar-refractivity contribution in [1.82, 2.24) is 0 Å². The minimum absolute atomic E-state index is 0.146. The number of ether oxygens (including phenoxy) is 1. The van der Waals surface area contributed by atoms with Crippen LogP contribution in [0, 0.1) is 0 Å².